The van der Waals surface area contributed by atoms with Crippen LogP contribution in [0.3, 0.4) is 0 Å². The molecule has 7 nitrogen and oxygen atoms in total. The quantitative estimate of drug-likeness (QED) is 0.254. The fourth-order valence-corrected chi connectivity index (χ4v) is 4.47. The summed E-state index contributed by atoms with van der Waals surface area (Å²) in [6.07, 6.45) is 1.10. The lowest BCUT2D eigenvalue weighted by atomic mass is 9.71. The molecule has 1 aromatic heterocycles. The molecule has 1 unspecified atom stereocenters. The van der Waals surface area contributed by atoms with Gasteiger partial charge < -0.3 is 25.0 Å². The first kappa shape index (κ1) is 23.9. The number of rotatable bonds is 8. The van der Waals surface area contributed by atoms with Gasteiger partial charge in [0.1, 0.15) is 18.0 Å². The highest BCUT2D eigenvalue weighted by Crippen LogP contribution is 2.40. The highest BCUT2D eigenvalue weighted by molar-refractivity contribution is 6.12. The maximum atomic E-state index is 14.5. The number of nitrogen functional groups attached to an aromatic ring is 1. The first-order valence-electron chi connectivity index (χ1n) is 11.4. The lowest BCUT2D eigenvalue weighted by molar-refractivity contribution is 0.144. The van der Waals surface area contributed by atoms with Crippen molar-refractivity contribution in [3.05, 3.63) is 65.2 Å². The number of benzene rings is 2. The largest absolute Gasteiger partial charge is 0.488 e. The van der Waals surface area contributed by atoms with E-state index in [-0.39, 0.29) is 40.5 Å². The molecule has 0 aliphatic carbocycles. The zero-order valence-corrected chi connectivity index (χ0v) is 19.8. The van der Waals surface area contributed by atoms with Crippen molar-refractivity contribution in [1.29, 1.82) is 5.41 Å². The van der Waals surface area contributed by atoms with Crippen LogP contribution in [0.1, 0.15) is 43.1 Å². The summed E-state index contributed by atoms with van der Waals surface area (Å²) in [7, 11) is 1.54. The van der Waals surface area contributed by atoms with Crippen LogP contribution in [0.4, 0.5) is 10.1 Å². The van der Waals surface area contributed by atoms with Gasteiger partial charge in [0.05, 0.1) is 6.61 Å². The molecule has 1 atom stereocenters. The predicted octanol–water partition coefficient (Wildman–Crippen LogP) is 4.61. The minimum atomic E-state index is -0.610. The van der Waals surface area contributed by atoms with Crippen LogP contribution >= 0.6 is 0 Å². The Kier molecular flexibility index (Phi) is 7.00. The molecule has 180 valence electrons. The van der Waals surface area contributed by atoms with E-state index in [1.165, 1.54) is 24.8 Å². The predicted molar refractivity (Wildman–Crippen MR) is 130 cm³/mol. The number of piperidine rings is 1. The molecule has 2 aromatic carbocycles. The van der Waals surface area contributed by atoms with Crippen molar-refractivity contribution in [2.75, 3.05) is 39.1 Å². The van der Waals surface area contributed by atoms with Gasteiger partial charge in [0.25, 0.3) is 0 Å². The van der Waals surface area contributed by atoms with E-state index >= 15 is 0 Å². The van der Waals surface area contributed by atoms with Gasteiger partial charge in [-0.3, -0.25) is 5.41 Å². The molecule has 0 saturated carbocycles. The van der Waals surface area contributed by atoms with Crippen molar-refractivity contribution in [2.24, 2.45) is 5.41 Å². The standard InChI is InChI=1S/C26H31FN4O3/c1-26(2)15-30-9-8-19(26)16-4-6-17(7-5-16)22-14-24(34-31-22)25(29)18-12-20(27)23(13-21(18)28)33-11-10-32-3/h4-7,12-14,19,29-30H,8-11,15,28H2,1-3H3. The van der Waals surface area contributed by atoms with Crippen molar-refractivity contribution in [3.63, 3.8) is 0 Å². The van der Waals surface area contributed by atoms with Gasteiger partial charge in [-0.25, -0.2) is 4.39 Å². The summed E-state index contributed by atoms with van der Waals surface area (Å²) in [5, 5.41) is 16.1. The molecular formula is C26H31FN4O3. The number of nitrogens with two attached hydrogens (primary N) is 1. The Morgan fingerprint density at radius 2 is 2.00 bits per heavy atom. The third kappa shape index (κ3) is 4.98. The summed E-state index contributed by atoms with van der Waals surface area (Å²) >= 11 is 0. The van der Waals surface area contributed by atoms with E-state index in [2.05, 4.69) is 36.5 Å². The molecule has 0 spiro atoms. The highest BCUT2D eigenvalue weighted by atomic mass is 19.1. The number of hydrogen-bond acceptors (Lipinski definition) is 7. The number of anilines is 1. The van der Waals surface area contributed by atoms with Crippen LogP contribution in [0.5, 0.6) is 5.75 Å². The topological polar surface area (TPSA) is 106 Å². The van der Waals surface area contributed by atoms with E-state index < -0.39 is 5.82 Å². The second-order valence-corrected chi connectivity index (χ2v) is 9.29. The van der Waals surface area contributed by atoms with Gasteiger partial charge in [-0.2, -0.15) is 0 Å². The van der Waals surface area contributed by atoms with E-state index in [1.807, 2.05) is 12.1 Å². The van der Waals surface area contributed by atoms with Crippen LogP contribution in [-0.4, -0.2) is 44.3 Å². The molecule has 8 heteroatoms. The third-order valence-corrected chi connectivity index (χ3v) is 6.42. The van der Waals surface area contributed by atoms with Crippen LogP contribution in [0.15, 0.2) is 47.0 Å². The average molecular weight is 467 g/mol. The van der Waals surface area contributed by atoms with Crippen LogP contribution in [0.2, 0.25) is 0 Å². The first-order valence-corrected chi connectivity index (χ1v) is 11.4. The number of halogens is 1. The number of aromatic nitrogens is 1. The van der Waals surface area contributed by atoms with Gasteiger partial charge in [0, 0.05) is 42.6 Å². The summed E-state index contributed by atoms with van der Waals surface area (Å²) in [4.78, 5) is 0. The van der Waals surface area contributed by atoms with E-state index in [9.17, 15) is 4.39 Å². The summed E-state index contributed by atoms with van der Waals surface area (Å²) in [6.45, 7) is 7.13. The fourth-order valence-electron chi connectivity index (χ4n) is 4.47. The Hall–Kier alpha value is -3.23. The van der Waals surface area contributed by atoms with E-state index in [0.29, 0.717) is 18.2 Å². The zero-order valence-electron chi connectivity index (χ0n) is 19.8. The van der Waals surface area contributed by atoms with E-state index in [0.717, 1.165) is 25.1 Å². The Morgan fingerprint density at radius 1 is 1.24 bits per heavy atom. The smallest absolute Gasteiger partial charge is 0.185 e. The molecular weight excluding hydrogens is 435 g/mol. The third-order valence-electron chi connectivity index (χ3n) is 6.42. The number of methoxy groups -OCH3 is 1. The van der Waals surface area contributed by atoms with Crippen molar-refractivity contribution in [2.45, 2.75) is 26.2 Å². The SMILES string of the molecule is COCCOc1cc(N)c(C(=N)c2cc(-c3ccc(C4CCNCC4(C)C)cc3)no2)cc1F. The molecule has 4 rings (SSSR count). The van der Waals surface area contributed by atoms with Crippen LogP contribution < -0.4 is 15.8 Å². The first-order chi connectivity index (χ1) is 16.3. The Bertz CT molecular complexity index is 1160. The van der Waals surface area contributed by atoms with Gasteiger partial charge in [-0.05, 0) is 35.9 Å². The van der Waals surface area contributed by atoms with E-state index in [4.69, 9.17) is 25.1 Å². The maximum Gasteiger partial charge on any atom is 0.185 e. The van der Waals surface area contributed by atoms with Crippen LogP contribution in [0, 0.1) is 16.6 Å². The van der Waals surface area contributed by atoms with Crippen LogP contribution in [-0.2, 0) is 4.74 Å². The van der Waals surface area contributed by atoms with Crippen molar-refractivity contribution >= 4 is 11.4 Å². The van der Waals surface area contributed by atoms with Crippen molar-refractivity contribution in [3.8, 4) is 17.0 Å². The molecule has 1 aliphatic heterocycles. The summed E-state index contributed by atoms with van der Waals surface area (Å²) in [6, 6.07) is 12.6. The van der Waals surface area contributed by atoms with Gasteiger partial charge >= 0.3 is 0 Å². The Balaban J connectivity index is 1.51. The van der Waals surface area contributed by atoms with Gasteiger partial charge in [0.15, 0.2) is 17.3 Å². The number of ether oxygens (including phenoxy) is 2. The lowest BCUT2D eigenvalue weighted by Crippen LogP contribution is -2.41. The maximum absolute atomic E-state index is 14.5. The number of hydrogen-bond donors (Lipinski definition) is 3. The highest BCUT2D eigenvalue weighted by Gasteiger charge is 2.33. The minimum Gasteiger partial charge on any atom is -0.488 e. The van der Waals surface area contributed by atoms with Gasteiger partial charge in [-0.1, -0.05) is 43.3 Å². The van der Waals surface area contributed by atoms with Gasteiger partial charge in [0.2, 0.25) is 0 Å². The zero-order chi connectivity index (χ0) is 24.3. The second kappa shape index (κ2) is 9.95. The minimum absolute atomic E-state index is 0.0152. The molecule has 3 aromatic rings. The Labute approximate surface area is 198 Å². The molecule has 2 heterocycles. The van der Waals surface area contributed by atoms with Crippen molar-refractivity contribution in [1.82, 2.24) is 10.5 Å². The molecule has 0 radical (unpaired) electrons. The summed E-state index contributed by atoms with van der Waals surface area (Å²) < 4.78 is 30.1. The number of nitrogens with zero attached hydrogens (tertiary/aromatic N) is 1. The molecule has 1 saturated heterocycles. The molecule has 1 aliphatic rings. The van der Waals surface area contributed by atoms with Crippen molar-refractivity contribution < 1.29 is 18.4 Å². The molecule has 0 amide bonds. The fraction of sp³-hybridized carbons (Fsp3) is 0.385. The molecule has 1 fully saturated rings. The lowest BCUT2D eigenvalue weighted by Gasteiger charge is -2.39. The molecule has 0 bridgehead atoms. The average Bonchev–Trinajstić information content (AvgIpc) is 3.31. The summed E-state index contributed by atoms with van der Waals surface area (Å²) in [5.41, 5.74) is 9.44. The molecule has 34 heavy (non-hydrogen) atoms. The van der Waals surface area contributed by atoms with Gasteiger partial charge in [-0.15, -0.1) is 0 Å². The summed E-state index contributed by atoms with van der Waals surface area (Å²) in [5.74, 6) is 0.100. The second-order valence-electron chi connectivity index (χ2n) is 9.29. The van der Waals surface area contributed by atoms with E-state index in [1.54, 1.807) is 6.07 Å². The number of nitrogens with one attached hydrogen (secondary N) is 2. The molecule has 4 N–H and O–H groups in total. The normalized spacial score (nSPS) is 17.5. The van der Waals surface area contributed by atoms with Crippen LogP contribution in [0.25, 0.3) is 11.3 Å². The Morgan fingerprint density at radius 3 is 2.71 bits per heavy atom. The monoisotopic (exact) mass is 466 g/mol.